The van der Waals surface area contributed by atoms with Crippen LogP contribution in [0.1, 0.15) is 25.7 Å². The minimum atomic E-state index is -1.06. The van der Waals surface area contributed by atoms with Crippen molar-refractivity contribution in [3.8, 4) is 0 Å². The van der Waals surface area contributed by atoms with Crippen LogP contribution >= 0.6 is 0 Å². The Labute approximate surface area is 111 Å². The second kappa shape index (κ2) is 7.85. The van der Waals surface area contributed by atoms with Crippen LogP contribution in [0.5, 0.6) is 0 Å². The van der Waals surface area contributed by atoms with E-state index in [1.807, 2.05) is 0 Å². The molecule has 0 radical (unpaired) electrons. The second-order valence-electron chi connectivity index (χ2n) is 4.55. The van der Waals surface area contributed by atoms with Crippen LogP contribution in [0.15, 0.2) is 0 Å². The molecule has 2 atom stereocenters. The fraction of sp³-hybridized carbons (Fsp3) is 0.750. The van der Waals surface area contributed by atoms with Crippen LogP contribution in [0.3, 0.4) is 0 Å². The van der Waals surface area contributed by atoms with Gasteiger partial charge in [-0.3, -0.25) is 14.4 Å². The molecule has 0 aromatic heterocycles. The third kappa shape index (κ3) is 5.35. The maximum absolute atomic E-state index is 11.6. The lowest BCUT2D eigenvalue weighted by molar-refractivity contribution is -0.139. The van der Waals surface area contributed by atoms with Crippen LogP contribution in [0.4, 0.5) is 0 Å². The predicted octanol–water partition coefficient (Wildman–Crippen LogP) is -0.710. The molecule has 0 aliphatic heterocycles. The highest BCUT2D eigenvalue weighted by atomic mass is 16.5. The first kappa shape index (κ1) is 15.6. The number of hydrogen-bond acceptors (Lipinski definition) is 5. The molecule has 0 heterocycles. The van der Waals surface area contributed by atoms with Gasteiger partial charge >= 0.3 is 5.97 Å². The summed E-state index contributed by atoms with van der Waals surface area (Å²) in [6, 6.07) is -0.925. The molecule has 1 aliphatic rings. The van der Waals surface area contributed by atoms with Gasteiger partial charge in [0.05, 0.1) is 12.5 Å². The van der Waals surface area contributed by atoms with Crippen LogP contribution in [0.2, 0.25) is 0 Å². The summed E-state index contributed by atoms with van der Waals surface area (Å²) in [6.07, 6.45) is 2.12. The summed E-state index contributed by atoms with van der Waals surface area (Å²) in [5, 5.41) is 11.2. The number of carbonyl (C=O) groups excluding carboxylic acids is 2. The molecule has 7 heteroatoms. The summed E-state index contributed by atoms with van der Waals surface area (Å²) >= 11 is 0. The summed E-state index contributed by atoms with van der Waals surface area (Å²) in [5.74, 6) is -1.80. The van der Waals surface area contributed by atoms with Crippen molar-refractivity contribution < 1.29 is 24.2 Å². The van der Waals surface area contributed by atoms with E-state index in [-0.39, 0.29) is 31.3 Å². The Hall–Kier alpha value is -1.47. The molecule has 108 valence electrons. The number of hydrogen-bond donors (Lipinski definition) is 3. The van der Waals surface area contributed by atoms with Crippen molar-refractivity contribution in [1.82, 2.24) is 5.32 Å². The molecule has 1 rings (SSSR count). The molecule has 1 amide bonds. The van der Waals surface area contributed by atoms with Gasteiger partial charge in [0.1, 0.15) is 11.8 Å². The third-order valence-corrected chi connectivity index (χ3v) is 3.06. The molecular formula is C12H20N2O5. The Morgan fingerprint density at radius 3 is 2.79 bits per heavy atom. The Balaban J connectivity index is 2.03. The first-order valence-corrected chi connectivity index (χ1v) is 6.39. The average Bonchev–Trinajstić information content (AvgIpc) is 2.79. The van der Waals surface area contributed by atoms with Crippen molar-refractivity contribution in [3.05, 3.63) is 0 Å². The highest BCUT2D eigenvalue weighted by Gasteiger charge is 2.30. The zero-order chi connectivity index (χ0) is 14.3. The van der Waals surface area contributed by atoms with E-state index < -0.39 is 17.9 Å². The molecule has 1 saturated carbocycles. The molecule has 1 fully saturated rings. The van der Waals surface area contributed by atoms with E-state index >= 15 is 0 Å². The normalized spacial score (nSPS) is 20.3. The highest BCUT2D eigenvalue weighted by Crippen LogP contribution is 2.20. The lowest BCUT2D eigenvalue weighted by Gasteiger charge is -2.10. The van der Waals surface area contributed by atoms with Crippen molar-refractivity contribution in [2.45, 2.75) is 31.7 Å². The zero-order valence-corrected chi connectivity index (χ0v) is 10.8. The predicted molar refractivity (Wildman–Crippen MR) is 66.4 cm³/mol. The van der Waals surface area contributed by atoms with Crippen molar-refractivity contribution in [2.75, 3.05) is 19.8 Å². The zero-order valence-electron chi connectivity index (χ0n) is 10.8. The fourth-order valence-electron chi connectivity index (χ4n) is 1.90. The summed E-state index contributed by atoms with van der Waals surface area (Å²) < 4.78 is 5.15. The Kier molecular flexibility index (Phi) is 6.44. The van der Waals surface area contributed by atoms with E-state index in [2.05, 4.69) is 5.32 Å². The summed E-state index contributed by atoms with van der Waals surface area (Å²) in [4.78, 5) is 33.3. The number of carboxylic acid groups (broad SMARTS) is 1. The maximum Gasteiger partial charge on any atom is 0.320 e. The Morgan fingerprint density at radius 2 is 2.21 bits per heavy atom. The number of rotatable bonds is 8. The van der Waals surface area contributed by atoms with Gasteiger partial charge in [-0.05, 0) is 19.3 Å². The number of nitrogens with one attached hydrogen (secondary N) is 1. The van der Waals surface area contributed by atoms with Crippen LogP contribution in [0, 0.1) is 5.92 Å². The lowest BCUT2D eigenvalue weighted by atomic mass is 10.1. The van der Waals surface area contributed by atoms with Gasteiger partial charge in [0.25, 0.3) is 0 Å². The number of Topliss-reactive ketones (excluding diaryl/α,β-unsaturated/α-hetero) is 1. The van der Waals surface area contributed by atoms with Gasteiger partial charge in [0.2, 0.25) is 5.91 Å². The molecule has 0 aromatic rings. The van der Waals surface area contributed by atoms with Gasteiger partial charge in [-0.25, -0.2) is 0 Å². The summed E-state index contributed by atoms with van der Waals surface area (Å²) in [7, 11) is 0. The van der Waals surface area contributed by atoms with Gasteiger partial charge in [0.15, 0.2) is 0 Å². The topological polar surface area (TPSA) is 119 Å². The average molecular weight is 272 g/mol. The first-order chi connectivity index (χ1) is 9.02. The van der Waals surface area contributed by atoms with E-state index in [1.54, 1.807) is 0 Å². The smallest absolute Gasteiger partial charge is 0.320 e. The minimum absolute atomic E-state index is 0.00542. The van der Waals surface area contributed by atoms with E-state index in [1.165, 1.54) is 0 Å². The van der Waals surface area contributed by atoms with Gasteiger partial charge in [-0.1, -0.05) is 0 Å². The SMILES string of the molecule is N[C@@H](CCOCCNC(=O)[C@H]1CCCC1=O)C(=O)O. The van der Waals surface area contributed by atoms with Crippen molar-refractivity contribution in [2.24, 2.45) is 11.7 Å². The fourth-order valence-corrected chi connectivity index (χ4v) is 1.90. The third-order valence-electron chi connectivity index (χ3n) is 3.06. The monoisotopic (exact) mass is 272 g/mol. The number of amides is 1. The maximum atomic E-state index is 11.6. The standard InChI is InChI=1S/C12H20N2O5/c13-9(12(17)18)4-6-19-7-5-14-11(16)8-2-1-3-10(8)15/h8-9H,1-7,13H2,(H,14,16)(H,17,18)/t8-,9-/m0/s1. The molecule has 0 saturated heterocycles. The van der Waals surface area contributed by atoms with E-state index in [0.717, 1.165) is 6.42 Å². The summed E-state index contributed by atoms with van der Waals surface area (Å²) in [6.45, 7) is 0.815. The van der Waals surface area contributed by atoms with Crippen LogP contribution in [-0.2, 0) is 19.1 Å². The number of carbonyl (C=O) groups is 3. The Morgan fingerprint density at radius 1 is 1.47 bits per heavy atom. The minimum Gasteiger partial charge on any atom is -0.480 e. The van der Waals surface area contributed by atoms with E-state index in [9.17, 15) is 14.4 Å². The summed E-state index contributed by atoms with van der Waals surface area (Å²) in [5.41, 5.74) is 5.29. The number of ether oxygens (including phenoxy) is 1. The van der Waals surface area contributed by atoms with Crippen LogP contribution < -0.4 is 11.1 Å². The van der Waals surface area contributed by atoms with Gasteiger partial charge < -0.3 is 20.9 Å². The van der Waals surface area contributed by atoms with E-state index in [4.69, 9.17) is 15.6 Å². The largest absolute Gasteiger partial charge is 0.480 e. The van der Waals surface area contributed by atoms with Gasteiger partial charge in [-0.2, -0.15) is 0 Å². The molecule has 0 spiro atoms. The van der Waals surface area contributed by atoms with Gasteiger partial charge in [0, 0.05) is 19.6 Å². The quantitative estimate of drug-likeness (QED) is 0.397. The van der Waals surface area contributed by atoms with Gasteiger partial charge in [-0.15, -0.1) is 0 Å². The number of aliphatic carboxylic acids is 1. The molecule has 4 N–H and O–H groups in total. The highest BCUT2D eigenvalue weighted by molar-refractivity contribution is 6.02. The Bertz CT molecular complexity index is 345. The molecule has 7 nitrogen and oxygen atoms in total. The second-order valence-corrected chi connectivity index (χ2v) is 4.55. The van der Waals surface area contributed by atoms with Crippen molar-refractivity contribution >= 4 is 17.7 Å². The van der Waals surface area contributed by atoms with Crippen molar-refractivity contribution in [1.29, 1.82) is 0 Å². The van der Waals surface area contributed by atoms with Crippen molar-refractivity contribution in [3.63, 3.8) is 0 Å². The first-order valence-electron chi connectivity index (χ1n) is 6.39. The molecular weight excluding hydrogens is 252 g/mol. The molecule has 0 aromatic carbocycles. The molecule has 0 unspecified atom stereocenters. The lowest BCUT2D eigenvalue weighted by Crippen LogP contribution is -2.35. The molecule has 19 heavy (non-hydrogen) atoms. The molecule has 0 bridgehead atoms. The molecule has 1 aliphatic carbocycles. The number of ketones is 1. The van der Waals surface area contributed by atoms with Crippen LogP contribution in [0.25, 0.3) is 0 Å². The number of carboxylic acids is 1. The van der Waals surface area contributed by atoms with E-state index in [0.29, 0.717) is 19.4 Å². The number of nitrogens with two attached hydrogens (primary N) is 1. The van der Waals surface area contributed by atoms with Crippen LogP contribution in [-0.4, -0.2) is 48.6 Å².